The van der Waals surface area contributed by atoms with E-state index >= 15 is 0 Å². The van der Waals surface area contributed by atoms with Crippen molar-refractivity contribution in [3.63, 3.8) is 0 Å². The highest BCUT2D eigenvalue weighted by Crippen LogP contribution is 2.13. The monoisotopic (exact) mass is 332 g/mol. The van der Waals surface area contributed by atoms with Crippen LogP contribution in [0.3, 0.4) is 0 Å². The summed E-state index contributed by atoms with van der Waals surface area (Å²) in [6.07, 6.45) is 3.11. The number of benzene rings is 2. The molecule has 0 radical (unpaired) electrons. The van der Waals surface area contributed by atoms with Crippen molar-refractivity contribution in [2.45, 2.75) is 13.5 Å². The van der Waals surface area contributed by atoms with Crippen molar-refractivity contribution >= 4 is 5.91 Å². The summed E-state index contributed by atoms with van der Waals surface area (Å²) in [7, 11) is 0. The summed E-state index contributed by atoms with van der Waals surface area (Å²) in [6.45, 7) is 3.34. The fourth-order valence-electron chi connectivity index (χ4n) is 2.42. The first kappa shape index (κ1) is 16.8. The van der Waals surface area contributed by atoms with E-state index in [1.54, 1.807) is 12.4 Å². The molecule has 1 aromatic heterocycles. The van der Waals surface area contributed by atoms with Crippen LogP contribution < -0.4 is 5.43 Å². The van der Waals surface area contributed by atoms with Crippen molar-refractivity contribution in [1.82, 2.24) is 20.4 Å². The first-order valence-corrected chi connectivity index (χ1v) is 8.23. The first-order valence-electron chi connectivity index (χ1n) is 8.23. The number of aromatic nitrogens is 2. The van der Waals surface area contributed by atoms with Gasteiger partial charge in [0.05, 0.1) is 5.56 Å². The normalized spacial score (nSPS) is 10.6. The van der Waals surface area contributed by atoms with Gasteiger partial charge in [-0.05, 0) is 5.56 Å². The second-order valence-corrected chi connectivity index (χ2v) is 5.60. The molecule has 0 unspecified atom stereocenters. The van der Waals surface area contributed by atoms with Crippen LogP contribution in [0.1, 0.15) is 22.8 Å². The van der Waals surface area contributed by atoms with E-state index in [1.165, 1.54) is 0 Å². The van der Waals surface area contributed by atoms with Crippen molar-refractivity contribution in [2.75, 3.05) is 6.54 Å². The molecule has 0 bridgehead atoms. The zero-order chi connectivity index (χ0) is 17.5. The highest BCUT2D eigenvalue weighted by molar-refractivity contribution is 5.93. The van der Waals surface area contributed by atoms with Gasteiger partial charge in [-0.25, -0.2) is 15.0 Å². The van der Waals surface area contributed by atoms with Gasteiger partial charge in [0.15, 0.2) is 5.82 Å². The van der Waals surface area contributed by atoms with E-state index < -0.39 is 0 Å². The molecule has 0 spiro atoms. The van der Waals surface area contributed by atoms with Crippen LogP contribution in [0, 0.1) is 0 Å². The third-order valence-corrected chi connectivity index (χ3v) is 3.80. The van der Waals surface area contributed by atoms with Gasteiger partial charge in [0.2, 0.25) is 0 Å². The van der Waals surface area contributed by atoms with E-state index in [0.29, 0.717) is 24.5 Å². The van der Waals surface area contributed by atoms with Gasteiger partial charge in [0.1, 0.15) is 0 Å². The molecule has 3 rings (SSSR count). The molecule has 1 amide bonds. The van der Waals surface area contributed by atoms with Crippen molar-refractivity contribution in [3.05, 3.63) is 84.2 Å². The number of hydrogen-bond acceptors (Lipinski definition) is 4. The maximum absolute atomic E-state index is 12.4. The molecule has 1 N–H and O–H groups in total. The number of hydrazine groups is 1. The molecule has 0 aliphatic rings. The van der Waals surface area contributed by atoms with Gasteiger partial charge in [-0.1, -0.05) is 67.6 Å². The zero-order valence-electron chi connectivity index (χ0n) is 14.1. The van der Waals surface area contributed by atoms with Crippen LogP contribution in [0.15, 0.2) is 73.1 Å². The Balaban J connectivity index is 1.66. The van der Waals surface area contributed by atoms with Gasteiger partial charge in [-0.15, -0.1) is 0 Å². The average Bonchev–Trinajstić information content (AvgIpc) is 2.69. The highest BCUT2D eigenvalue weighted by atomic mass is 16.2. The summed E-state index contributed by atoms with van der Waals surface area (Å²) in [5.41, 5.74) is 5.41. The minimum atomic E-state index is -0.211. The smallest absolute Gasteiger partial charge is 0.268 e. The predicted molar refractivity (Wildman–Crippen MR) is 97.5 cm³/mol. The lowest BCUT2D eigenvalue weighted by Crippen LogP contribution is -2.41. The van der Waals surface area contributed by atoms with E-state index in [4.69, 9.17) is 0 Å². The summed E-state index contributed by atoms with van der Waals surface area (Å²) in [5, 5.41) is 1.86. The molecular weight excluding hydrogens is 312 g/mol. The van der Waals surface area contributed by atoms with E-state index in [-0.39, 0.29) is 5.91 Å². The largest absolute Gasteiger partial charge is 0.284 e. The van der Waals surface area contributed by atoms with Crippen LogP contribution in [-0.4, -0.2) is 27.4 Å². The molecule has 0 atom stereocenters. The Labute approximate surface area is 147 Å². The third kappa shape index (κ3) is 4.49. The van der Waals surface area contributed by atoms with Crippen molar-refractivity contribution < 1.29 is 4.79 Å². The molecular formula is C20H20N4O. The van der Waals surface area contributed by atoms with Crippen LogP contribution >= 0.6 is 0 Å². The SMILES string of the molecule is CCN(Cc1ccccc1)NC(=O)c1cnc(-c2ccccc2)nc1. The van der Waals surface area contributed by atoms with Gasteiger partial charge in [-0.3, -0.25) is 10.2 Å². The van der Waals surface area contributed by atoms with Gasteiger partial charge >= 0.3 is 0 Å². The zero-order valence-corrected chi connectivity index (χ0v) is 14.1. The number of carbonyl (C=O) groups excluding carboxylic acids is 1. The van der Waals surface area contributed by atoms with Crippen LogP contribution in [0.5, 0.6) is 0 Å². The minimum Gasteiger partial charge on any atom is -0.284 e. The summed E-state index contributed by atoms with van der Waals surface area (Å²) in [6, 6.07) is 19.7. The maximum atomic E-state index is 12.4. The number of hydrogen-bond donors (Lipinski definition) is 1. The second kappa shape index (κ2) is 8.17. The standard InChI is InChI=1S/C20H20N4O/c1-2-24(15-16-9-5-3-6-10-16)23-20(25)18-13-21-19(22-14-18)17-11-7-4-8-12-17/h3-14H,2,15H2,1H3,(H,23,25). The van der Waals surface area contributed by atoms with Crippen LogP contribution in [-0.2, 0) is 6.54 Å². The second-order valence-electron chi connectivity index (χ2n) is 5.60. The van der Waals surface area contributed by atoms with Crippen molar-refractivity contribution in [1.29, 1.82) is 0 Å². The Morgan fingerprint density at radius 1 is 0.960 bits per heavy atom. The fraction of sp³-hybridized carbons (Fsp3) is 0.150. The first-order chi connectivity index (χ1) is 12.3. The van der Waals surface area contributed by atoms with E-state index in [0.717, 1.165) is 11.1 Å². The number of carbonyl (C=O) groups is 1. The Bertz CT molecular complexity index is 804. The molecule has 0 aliphatic heterocycles. The van der Waals surface area contributed by atoms with Gasteiger partial charge < -0.3 is 0 Å². The Kier molecular flexibility index (Phi) is 5.49. The third-order valence-electron chi connectivity index (χ3n) is 3.80. The molecule has 0 fully saturated rings. The quantitative estimate of drug-likeness (QED) is 0.704. The van der Waals surface area contributed by atoms with Crippen LogP contribution in [0.4, 0.5) is 0 Å². The number of nitrogens with zero attached hydrogens (tertiary/aromatic N) is 3. The van der Waals surface area contributed by atoms with Crippen molar-refractivity contribution in [3.8, 4) is 11.4 Å². The van der Waals surface area contributed by atoms with Crippen LogP contribution in [0.2, 0.25) is 0 Å². The summed E-state index contributed by atoms with van der Waals surface area (Å²) < 4.78 is 0. The maximum Gasteiger partial charge on any atom is 0.268 e. The Morgan fingerprint density at radius 3 is 2.16 bits per heavy atom. The molecule has 1 heterocycles. The van der Waals surface area contributed by atoms with E-state index in [1.807, 2.05) is 72.6 Å². The molecule has 0 saturated carbocycles. The lowest BCUT2D eigenvalue weighted by molar-refractivity contribution is 0.0784. The Hall–Kier alpha value is -3.05. The molecule has 0 saturated heterocycles. The van der Waals surface area contributed by atoms with E-state index in [2.05, 4.69) is 15.4 Å². The van der Waals surface area contributed by atoms with Gasteiger partial charge in [0, 0.05) is 31.0 Å². The van der Waals surface area contributed by atoms with Gasteiger partial charge in [0.25, 0.3) is 5.91 Å². The van der Waals surface area contributed by atoms with Crippen molar-refractivity contribution in [2.24, 2.45) is 0 Å². The number of nitrogens with one attached hydrogen (secondary N) is 1. The van der Waals surface area contributed by atoms with Gasteiger partial charge in [-0.2, -0.15) is 0 Å². The summed E-state index contributed by atoms with van der Waals surface area (Å²) in [4.78, 5) is 21.0. The molecule has 5 heteroatoms. The lowest BCUT2D eigenvalue weighted by Gasteiger charge is -2.21. The van der Waals surface area contributed by atoms with E-state index in [9.17, 15) is 4.79 Å². The highest BCUT2D eigenvalue weighted by Gasteiger charge is 2.12. The predicted octanol–water partition coefficient (Wildman–Crippen LogP) is 3.31. The van der Waals surface area contributed by atoms with Crippen LogP contribution in [0.25, 0.3) is 11.4 Å². The molecule has 2 aromatic carbocycles. The number of amides is 1. The molecule has 0 aliphatic carbocycles. The molecule has 5 nitrogen and oxygen atoms in total. The molecule has 3 aromatic rings. The number of rotatable bonds is 6. The average molecular weight is 332 g/mol. The lowest BCUT2D eigenvalue weighted by atomic mass is 10.2. The summed E-state index contributed by atoms with van der Waals surface area (Å²) in [5.74, 6) is 0.395. The molecule has 126 valence electrons. The minimum absolute atomic E-state index is 0.211. The fourth-order valence-corrected chi connectivity index (χ4v) is 2.42. The summed E-state index contributed by atoms with van der Waals surface area (Å²) >= 11 is 0. The molecule has 25 heavy (non-hydrogen) atoms. The Morgan fingerprint density at radius 2 is 1.56 bits per heavy atom. The topological polar surface area (TPSA) is 58.1 Å².